The maximum atomic E-state index is 12.8. The molecule has 0 amide bonds. The van der Waals surface area contributed by atoms with E-state index < -0.39 is 10.0 Å². The number of nitrogens with one attached hydrogen (secondary N) is 1. The molecule has 6 nitrogen and oxygen atoms in total. The minimum absolute atomic E-state index is 0.0436. The number of benzene rings is 3. The van der Waals surface area contributed by atoms with Crippen molar-refractivity contribution < 1.29 is 17.9 Å². The normalized spacial score (nSPS) is 24.2. The Labute approximate surface area is 212 Å². The maximum absolute atomic E-state index is 12.8. The van der Waals surface area contributed by atoms with E-state index in [0.717, 1.165) is 22.4 Å². The van der Waals surface area contributed by atoms with E-state index in [-0.39, 0.29) is 28.9 Å². The Morgan fingerprint density at radius 3 is 2.00 bits per heavy atom. The predicted octanol–water partition coefficient (Wildman–Crippen LogP) is 5.01. The zero-order valence-corrected chi connectivity index (χ0v) is 21.0. The molecule has 0 unspecified atom stereocenters. The summed E-state index contributed by atoms with van der Waals surface area (Å²) in [6.07, 6.45) is 4.40. The van der Waals surface area contributed by atoms with Gasteiger partial charge in [0, 0.05) is 17.5 Å². The van der Waals surface area contributed by atoms with E-state index in [1.54, 1.807) is 24.3 Å². The summed E-state index contributed by atoms with van der Waals surface area (Å²) in [5.41, 5.74) is 3.93. The molecule has 3 aromatic rings. The van der Waals surface area contributed by atoms with Crippen molar-refractivity contribution in [2.24, 2.45) is 16.9 Å². The third kappa shape index (κ3) is 5.59. The number of fused-ring (bicyclic) bond motifs is 2. The number of hydrogen-bond acceptors (Lipinski definition) is 5. The molecule has 36 heavy (non-hydrogen) atoms. The molecule has 1 fully saturated rings. The van der Waals surface area contributed by atoms with Gasteiger partial charge in [0.1, 0.15) is 0 Å². The molecule has 6 rings (SSSR count). The monoisotopic (exact) mass is 502 g/mol. The van der Waals surface area contributed by atoms with Crippen molar-refractivity contribution in [3.8, 4) is 0 Å². The Kier molecular flexibility index (Phi) is 7.32. The average Bonchev–Trinajstić information content (AvgIpc) is 2.91. The van der Waals surface area contributed by atoms with Gasteiger partial charge in [0.05, 0.1) is 30.3 Å². The van der Waals surface area contributed by atoms with E-state index in [2.05, 4.69) is 22.1 Å². The summed E-state index contributed by atoms with van der Waals surface area (Å²) in [6.45, 7) is 2.84. The van der Waals surface area contributed by atoms with Gasteiger partial charge in [0.25, 0.3) is 10.0 Å². The van der Waals surface area contributed by atoms with Gasteiger partial charge in [-0.2, -0.15) is 13.5 Å². The number of rotatable bonds is 9. The quantitative estimate of drug-likeness (QED) is 0.330. The first-order chi connectivity index (χ1) is 17.5. The fourth-order valence-corrected chi connectivity index (χ4v) is 5.59. The van der Waals surface area contributed by atoms with E-state index in [4.69, 9.17) is 9.47 Å². The zero-order valence-electron chi connectivity index (χ0n) is 20.2. The van der Waals surface area contributed by atoms with Crippen molar-refractivity contribution in [1.29, 1.82) is 0 Å². The topological polar surface area (TPSA) is 77.0 Å². The van der Waals surface area contributed by atoms with Crippen LogP contribution in [-0.4, -0.2) is 26.3 Å². The summed E-state index contributed by atoms with van der Waals surface area (Å²) in [5.74, 6) is -0.137. The molecule has 0 heterocycles. The van der Waals surface area contributed by atoms with Crippen LogP contribution in [0.4, 0.5) is 0 Å². The van der Waals surface area contributed by atoms with E-state index in [1.165, 1.54) is 0 Å². The molecular weight excluding hydrogens is 472 g/mol. The van der Waals surface area contributed by atoms with E-state index in [9.17, 15) is 8.42 Å². The molecule has 0 aromatic heterocycles. The molecule has 4 atom stereocenters. The fourth-order valence-electron chi connectivity index (χ4n) is 4.75. The van der Waals surface area contributed by atoms with Crippen molar-refractivity contribution in [2.45, 2.75) is 43.7 Å². The average molecular weight is 503 g/mol. The first-order valence-electron chi connectivity index (χ1n) is 12.1. The van der Waals surface area contributed by atoms with Crippen LogP contribution in [0.2, 0.25) is 0 Å². The molecule has 1 N–H and O–H groups in total. The van der Waals surface area contributed by atoms with Gasteiger partial charge >= 0.3 is 0 Å². The van der Waals surface area contributed by atoms with Crippen LogP contribution in [0.1, 0.15) is 23.1 Å². The second-order valence-electron chi connectivity index (χ2n) is 9.31. The van der Waals surface area contributed by atoms with Crippen molar-refractivity contribution in [3.05, 3.63) is 114 Å². The van der Waals surface area contributed by atoms with Gasteiger partial charge in [-0.3, -0.25) is 0 Å². The molecule has 3 aromatic carbocycles. The van der Waals surface area contributed by atoms with Gasteiger partial charge in [-0.05, 0) is 36.6 Å². The SMILES string of the molecule is Cc1ccc(S(=O)(=O)N/N=C2\C[C@H]3C=C[C@@H]2[C@H](OCc2ccccc2)[C@H]3OCc2ccccc2)cc1. The molecule has 7 heteroatoms. The van der Waals surface area contributed by atoms with E-state index in [1.807, 2.05) is 67.6 Å². The van der Waals surface area contributed by atoms with Crippen LogP contribution in [0.5, 0.6) is 0 Å². The minimum Gasteiger partial charge on any atom is -0.370 e. The van der Waals surface area contributed by atoms with Gasteiger partial charge in [-0.15, -0.1) is 0 Å². The summed E-state index contributed by atoms with van der Waals surface area (Å²) < 4.78 is 38.5. The van der Waals surface area contributed by atoms with Crippen LogP contribution >= 0.6 is 0 Å². The first-order valence-corrected chi connectivity index (χ1v) is 13.6. The third-order valence-corrected chi connectivity index (χ3v) is 7.93. The number of ether oxygens (including phenoxy) is 2. The highest BCUT2D eigenvalue weighted by Crippen LogP contribution is 2.39. The molecule has 3 aliphatic rings. The van der Waals surface area contributed by atoms with Crippen molar-refractivity contribution in [3.63, 3.8) is 0 Å². The summed E-state index contributed by atoms with van der Waals surface area (Å²) in [6, 6.07) is 26.8. The maximum Gasteiger partial charge on any atom is 0.276 e. The Hall–Kier alpha value is -3.26. The molecule has 186 valence electrons. The number of hydrogen-bond donors (Lipinski definition) is 1. The van der Waals surface area contributed by atoms with Crippen LogP contribution in [0.25, 0.3) is 0 Å². The zero-order chi connectivity index (χ0) is 25.0. The van der Waals surface area contributed by atoms with E-state index in [0.29, 0.717) is 19.6 Å². The van der Waals surface area contributed by atoms with Gasteiger partial charge in [-0.1, -0.05) is 90.5 Å². The summed E-state index contributed by atoms with van der Waals surface area (Å²) in [7, 11) is -3.76. The van der Waals surface area contributed by atoms with Gasteiger partial charge < -0.3 is 9.47 Å². The minimum atomic E-state index is -3.76. The molecule has 0 radical (unpaired) electrons. The standard InChI is InChI=1S/C29H30N2O4S/c1-21-12-15-25(16-13-21)36(32,33)31-30-27-18-24-14-17-26(27)29(35-20-23-10-6-3-7-11-23)28(24)34-19-22-8-4-2-5-9-22/h2-17,24,26,28-29,31H,18-20H2,1H3/b30-27+/t24-,26+,28+,29+/m1/s1. The summed E-state index contributed by atoms with van der Waals surface area (Å²) >= 11 is 0. The van der Waals surface area contributed by atoms with Gasteiger partial charge in [0.15, 0.2) is 0 Å². The van der Waals surface area contributed by atoms with E-state index >= 15 is 0 Å². The lowest BCUT2D eigenvalue weighted by Gasteiger charge is -2.44. The van der Waals surface area contributed by atoms with Crippen LogP contribution in [0, 0.1) is 18.8 Å². The lowest BCUT2D eigenvalue weighted by molar-refractivity contribution is -0.120. The fraction of sp³-hybridized carbons (Fsp3) is 0.276. The molecule has 0 spiro atoms. The lowest BCUT2D eigenvalue weighted by Crippen LogP contribution is -2.52. The van der Waals surface area contributed by atoms with Crippen LogP contribution in [0.15, 0.2) is 107 Å². The Bertz CT molecular complexity index is 1320. The summed E-state index contributed by atoms with van der Waals surface area (Å²) in [5, 5.41) is 4.39. The number of nitrogens with zero attached hydrogens (tertiary/aromatic N) is 1. The number of sulfonamides is 1. The Balaban J connectivity index is 1.35. The highest BCUT2D eigenvalue weighted by atomic mass is 32.2. The van der Waals surface area contributed by atoms with Crippen molar-refractivity contribution in [2.75, 3.05) is 0 Å². The highest BCUT2D eigenvalue weighted by Gasteiger charge is 2.46. The van der Waals surface area contributed by atoms with Crippen molar-refractivity contribution >= 4 is 15.7 Å². The Morgan fingerprint density at radius 2 is 1.39 bits per heavy atom. The van der Waals surface area contributed by atoms with Gasteiger partial charge in [-0.25, -0.2) is 4.83 Å². The third-order valence-electron chi connectivity index (χ3n) is 6.71. The smallest absolute Gasteiger partial charge is 0.276 e. The number of aryl methyl sites for hydroxylation is 1. The largest absolute Gasteiger partial charge is 0.370 e. The lowest BCUT2D eigenvalue weighted by atomic mass is 9.70. The molecule has 0 aliphatic heterocycles. The molecular formula is C29H30N2O4S. The molecule has 1 saturated carbocycles. The van der Waals surface area contributed by atoms with Crippen LogP contribution in [0.3, 0.4) is 0 Å². The molecule has 2 bridgehead atoms. The summed E-state index contributed by atoms with van der Waals surface area (Å²) in [4.78, 5) is 2.64. The van der Waals surface area contributed by atoms with Crippen LogP contribution < -0.4 is 4.83 Å². The van der Waals surface area contributed by atoms with Gasteiger partial charge in [0.2, 0.25) is 0 Å². The highest BCUT2D eigenvalue weighted by molar-refractivity contribution is 7.89. The second kappa shape index (κ2) is 10.8. The number of hydrazone groups is 1. The predicted molar refractivity (Wildman–Crippen MR) is 140 cm³/mol. The molecule has 0 saturated heterocycles. The first kappa shape index (κ1) is 24.4. The van der Waals surface area contributed by atoms with Crippen molar-refractivity contribution in [1.82, 2.24) is 4.83 Å². The van der Waals surface area contributed by atoms with Crippen LogP contribution in [-0.2, 0) is 32.7 Å². The molecule has 3 aliphatic carbocycles. The Morgan fingerprint density at radius 1 is 0.806 bits per heavy atom. The second-order valence-corrected chi connectivity index (χ2v) is 11.0.